The van der Waals surface area contributed by atoms with Gasteiger partial charge in [-0.3, -0.25) is 10.1 Å². The fourth-order valence-corrected chi connectivity index (χ4v) is 2.19. The zero-order valence-electron chi connectivity index (χ0n) is 13.9. The van der Waals surface area contributed by atoms with Gasteiger partial charge in [-0.1, -0.05) is 25.1 Å². The number of anilines is 1. The van der Waals surface area contributed by atoms with E-state index in [1.807, 2.05) is 31.2 Å². The topological polar surface area (TPSA) is 103 Å². The average molecular weight is 345 g/mol. The van der Waals surface area contributed by atoms with Crippen molar-refractivity contribution in [2.45, 2.75) is 13.3 Å². The molecule has 2 rings (SSSR count). The van der Waals surface area contributed by atoms with E-state index in [-0.39, 0.29) is 18.1 Å². The van der Waals surface area contributed by atoms with Crippen molar-refractivity contribution in [3.63, 3.8) is 0 Å². The van der Waals surface area contributed by atoms with Crippen molar-refractivity contribution in [3.05, 3.63) is 58.1 Å². The van der Waals surface area contributed by atoms with Gasteiger partial charge in [0.15, 0.2) is 6.73 Å². The van der Waals surface area contributed by atoms with E-state index in [2.05, 4.69) is 10.6 Å². The van der Waals surface area contributed by atoms with Gasteiger partial charge in [0, 0.05) is 12.1 Å². The molecule has 0 aromatic heterocycles. The summed E-state index contributed by atoms with van der Waals surface area (Å²) in [6.45, 7) is 1.97. The van der Waals surface area contributed by atoms with Crippen molar-refractivity contribution in [2.24, 2.45) is 0 Å². The van der Waals surface area contributed by atoms with Gasteiger partial charge in [-0.2, -0.15) is 0 Å². The summed E-state index contributed by atoms with van der Waals surface area (Å²) in [6.07, 6.45) is 0.813. The molecule has 2 N–H and O–H groups in total. The minimum absolute atomic E-state index is 0.0416. The molecule has 0 aliphatic rings. The fourth-order valence-electron chi connectivity index (χ4n) is 2.19. The van der Waals surface area contributed by atoms with Crippen LogP contribution < -0.4 is 20.1 Å². The molecule has 0 spiro atoms. The summed E-state index contributed by atoms with van der Waals surface area (Å²) >= 11 is 0. The smallest absolute Gasteiger partial charge is 0.321 e. The second-order valence-corrected chi connectivity index (χ2v) is 5.02. The number of nitrogens with zero attached hydrogens (tertiary/aromatic N) is 1. The highest BCUT2D eigenvalue weighted by Crippen LogP contribution is 2.28. The molecule has 0 unspecified atom stereocenters. The second-order valence-electron chi connectivity index (χ2n) is 5.02. The first-order valence-corrected chi connectivity index (χ1v) is 7.63. The van der Waals surface area contributed by atoms with Crippen LogP contribution in [-0.2, 0) is 6.42 Å². The summed E-state index contributed by atoms with van der Waals surface area (Å²) in [5.41, 5.74) is 1.08. The number of amides is 2. The summed E-state index contributed by atoms with van der Waals surface area (Å²) in [7, 11) is 1.41. The molecule has 0 saturated carbocycles. The van der Waals surface area contributed by atoms with Crippen molar-refractivity contribution in [3.8, 4) is 11.5 Å². The highest BCUT2D eigenvalue weighted by atomic mass is 16.6. The third kappa shape index (κ3) is 4.84. The van der Waals surface area contributed by atoms with Crippen LogP contribution in [0.3, 0.4) is 0 Å². The number of benzene rings is 2. The Kier molecular flexibility index (Phi) is 6.16. The molecule has 0 bridgehead atoms. The molecule has 0 fully saturated rings. The lowest BCUT2D eigenvalue weighted by Crippen LogP contribution is -2.32. The first kappa shape index (κ1) is 18.1. The largest absolute Gasteiger partial charge is 0.495 e. The van der Waals surface area contributed by atoms with E-state index in [4.69, 9.17) is 9.47 Å². The van der Waals surface area contributed by atoms with Crippen LogP contribution in [0.1, 0.15) is 12.5 Å². The zero-order valence-corrected chi connectivity index (χ0v) is 13.9. The quantitative estimate of drug-likeness (QED) is 0.455. The third-order valence-electron chi connectivity index (χ3n) is 3.46. The number of aryl methyl sites for hydroxylation is 1. The van der Waals surface area contributed by atoms with Crippen molar-refractivity contribution in [1.82, 2.24) is 5.32 Å². The van der Waals surface area contributed by atoms with Crippen molar-refractivity contribution >= 4 is 17.4 Å². The van der Waals surface area contributed by atoms with Gasteiger partial charge in [0.1, 0.15) is 11.5 Å². The third-order valence-corrected chi connectivity index (χ3v) is 3.46. The van der Waals surface area contributed by atoms with Crippen LogP contribution in [0.2, 0.25) is 0 Å². The molecular formula is C17H19N3O5. The number of methoxy groups -OCH3 is 1. The Morgan fingerprint density at radius 1 is 1.20 bits per heavy atom. The van der Waals surface area contributed by atoms with E-state index in [0.717, 1.165) is 12.0 Å². The van der Waals surface area contributed by atoms with Gasteiger partial charge in [-0.25, -0.2) is 4.79 Å². The molecule has 8 heteroatoms. The molecule has 8 nitrogen and oxygen atoms in total. The lowest BCUT2D eigenvalue weighted by molar-refractivity contribution is -0.384. The van der Waals surface area contributed by atoms with E-state index in [0.29, 0.717) is 11.5 Å². The summed E-state index contributed by atoms with van der Waals surface area (Å²) in [6, 6.07) is 10.9. The number of hydrogen-bond donors (Lipinski definition) is 2. The maximum Gasteiger partial charge on any atom is 0.321 e. The molecule has 25 heavy (non-hydrogen) atoms. The van der Waals surface area contributed by atoms with Crippen LogP contribution in [0.5, 0.6) is 11.5 Å². The summed E-state index contributed by atoms with van der Waals surface area (Å²) < 4.78 is 10.6. The predicted molar refractivity (Wildman–Crippen MR) is 93.1 cm³/mol. The first-order valence-electron chi connectivity index (χ1n) is 7.63. The maximum absolute atomic E-state index is 12.0. The molecule has 132 valence electrons. The number of carbonyl (C=O) groups is 1. The van der Waals surface area contributed by atoms with Crippen molar-refractivity contribution < 1.29 is 19.2 Å². The van der Waals surface area contributed by atoms with Crippen LogP contribution in [0, 0.1) is 10.1 Å². The molecule has 2 aromatic carbocycles. The van der Waals surface area contributed by atoms with E-state index in [9.17, 15) is 14.9 Å². The Morgan fingerprint density at radius 2 is 1.96 bits per heavy atom. The van der Waals surface area contributed by atoms with Crippen LogP contribution in [0.4, 0.5) is 16.2 Å². The Labute approximate surface area is 144 Å². The number of nitro groups is 1. The lowest BCUT2D eigenvalue weighted by Gasteiger charge is -2.13. The second kappa shape index (κ2) is 8.53. The molecule has 2 amide bonds. The highest BCUT2D eigenvalue weighted by Gasteiger charge is 2.13. The minimum Gasteiger partial charge on any atom is -0.495 e. The molecule has 2 aromatic rings. The number of nitro benzene ring substituents is 1. The summed E-state index contributed by atoms with van der Waals surface area (Å²) in [5, 5.41) is 15.9. The van der Waals surface area contributed by atoms with Gasteiger partial charge in [-0.15, -0.1) is 0 Å². The van der Waals surface area contributed by atoms with Crippen LogP contribution in [0.25, 0.3) is 0 Å². The van der Waals surface area contributed by atoms with Crippen LogP contribution in [0.15, 0.2) is 42.5 Å². The van der Waals surface area contributed by atoms with Crippen molar-refractivity contribution in [2.75, 3.05) is 19.2 Å². The number of urea groups is 1. The van der Waals surface area contributed by atoms with Gasteiger partial charge in [0.05, 0.1) is 17.7 Å². The number of carbonyl (C=O) groups excluding carboxylic acids is 1. The summed E-state index contributed by atoms with van der Waals surface area (Å²) in [4.78, 5) is 22.3. The van der Waals surface area contributed by atoms with Gasteiger partial charge >= 0.3 is 6.03 Å². The van der Waals surface area contributed by atoms with Gasteiger partial charge in [0.25, 0.3) is 5.69 Å². The molecular weight excluding hydrogens is 326 g/mol. The van der Waals surface area contributed by atoms with Crippen molar-refractivity contribution in [1.29, 1.82) is 0 Å². The maximum atomic E-state index is 12.0. The SMILES string of the molecule is CCc1ccccc1OCNC(=O)Nc1cc([N+](=O)[O-])ccc1OC. The first-order chi connectivity index (χ1) is 12.0. The lowest BCUT2D eigenvalue weighted by atomic mass is 10.1. The molecule has 0 heterocycles. The zero-order chi connectivity index (χ0) is 18.2. The Bertz CT molecular complexity index is 764. The van der Waals surface area contributed by atoms with Crippen LogP contribution in [-0.4, -0.2) is 24.8 Å². The number of para-hydroxylation sites is 1. The van der Waals surface area contributed by atoms with E-state index in [1.165, 1.54) is 25.3 Å². The molecule has 0 saturated heterocycles. The number of rotatable bonds is 7. The Balaban J connectivity index is 1.96. The number of nitrogens with one attached hydrogen (secondary N) is 2. The number of non-ortho nitro benzene ring substituents is 1. The summed E-state index contributed by atoms with van der Waals surface area (Å²) in [5.74, 6) is 1.01. The number of ether oxygens (including phenoxy) is 2. The van der Waals surface area contributed by atoms with Gasteiger partial charge < -0.3 is 20.1 Å². The van der Waals surface area contributed by atoms with Gasteiger partial charge in [-0.05, 0) is 24.1 Å². The Morgan fingerprint density at radius 3 is 2.64 bits per heavy atom. The van der Waals surface area contributed by atoms with Crippen LogP contribution >= 0.6 is 0 Å². The van der Waals surface area contributed by atoms with Gasteiger partial charge in [0.2, 0.25) is 0 Å². The number of hydrogen-bond acceptors (Lipinski definition) is 5. The monoisotopic (exact) mass is 345 g/mol. The molecule has 0 aliphatic carbocycles. The standard InChI is InChI=1S/C17H19N3O5/c1-3-12-6-4-5-7-15(12)25-11-18-17(21)19-14-10-13(20(22)23)8-9-16(14)24-2/h4-10H,3,11H2,1-2H3,(H2,18,19,21). The molecule has 0 atom stereocenters. The van der Waals surface area contributed by atoms with E-state index < -0.39 is 11.0 Å². The normalized spacial score (nSPS) is 10.0. The molecule has 0 radical (unpaired) electrons. The fraction of sp³-hybridized carbons (Fsp3) is 0.235. The minimum atomic E-state index is -0.562. The Hall–Kier alpha value is -3.29. The van der Waals surface area contributed by atoms with E-state index >= 15 is 0 Å². The molecule has 0 aliphatic heterocycles. The van der Waals surface area contributed by atoms with E-state index in [1.54, 1.807) is 0 Å². The predicted octanol–water partition coefficient (Wildman–Crippen LogP) is 3.32. The highest BCUT2D eigenvalue weighted by molar-refractivity contribution is 5.91. The average Bonchev–Trinajstić information content (AvgIpc) is 2.62.